The molecule has 0 aromatic rings. The van der Waals surface area contributed by atoms with Crippen molar-refractivity contribution < 1.29 is 37.3 Å². The Morgan fingerprint density at radius 2 is 0.800 bits per heavy atom. The van der Waals surface area contributed by atoms with Crippen LogP contribution in [0.25, 0.3) is 0 Å². The number of nitrogens with one attached hydrogen (secondary N) is 1. The maximum atomic E-state index is 13.6. The largest absolute Gasteiger partial charge is 0.756 e. The minimum absolute atomic E-state index is 0.0241. The summed E-state index contributed by atoms with van der Waals surface area (Å²) in [6.45, 7) is 6.81. The molecule has 0 aliphatic carbocycles. The van der Waals surface area contributed by atoms with Crippen molar-refractivity contribution in [3.63, 3.8) is 0 Å². The molecule has 80 heavy (non-hydrogen) atoms. The number of hydrogen-bond donors (Lipinski definition) is 1. The van der Waals surface area contributed by atoms with Gasteiger partial charge in [-0.1, -0.05) is 281 Å². The highest BCUT2D eigenvalue weighted by atomic mass is 31.2. The molecule has 1 amide bonds. The van der Waals surface area contributed by atoms with Crippen LogP contribution in [0.5, 0.6) is 0 Å². The van der Waals surface area contributed by atoms with Crippen molar-refractivity contribution >= 4 is 19.7 Å². The Bertz CT molecular complexity index is 1550. The van der Waals surface area contributed by atoms with Crippen LogP contribution < -0.4 is 10.2 Å². The van der Waals surface area contributed by atoms with Gasteiger partial charge in [0.1, 0.15) is 19.3 Å². The molecule has 0 saturated carbocycles. The third kappa shape index (κ3) is 60.3. The molecule has 1 N–H and O–H groups in total. The van der Waals surface area contributed by atoms with Crippen LogP contribution in [0.1, 0.15) is 323 Å². The van der Waals surface area contributed by atoms with Gasteiger partial charge >= 0.3 is 5.97 Å². The number of carbonyl (C=O) groups excluding carboxylic acids is 2. The molecule has 3 atom stereocenters. The van der Waals surface area contributed by atoms with Gasteiger partial charge in [0.05, 0.1) is 33.8 Å². The summed E-state index contributed by atoms with van der Waals surface area (Å²) in [5.41, 5.74) is 0. The van der Waals surface area contributed by atoms with E-state index in [1.807, 2.05) is 33.3 Å². The maximum absolute atomic E-state index is 13.6. The second-order valence-electron chi connectivity index (χ2n) is 24.4. The predicted octanol–water partition coefficient (Wildman–Crippen LogP) is 20.8. The van der Waals surface area contributed by atoms with Gasteiger partial charge in [0.2, 0.25) is 5.91 Å². The average molecular weight is 1140 g/mol. The van der Waals surface area contributed by atoms with Crippen LogP contribution >= 0.6 is 7.82 Å². The molecule has 0 aromatic carbocycles. The van der Waals surface area contributed by atoms with Gasteiger partial charge in [0.25, 0.3) is 7.82 Å². The minimum atomic E-state index is -4.70. The highest BCUT2D eigenvalue weighted by Gasteiger charge is 2.27. The standard InChI is InChI=1S/C70H131N2O7P/c1-7-10-13-16-19-22-25-28-30-31-32-33-34-35-36-37-38-39-40-41-43-44-47-50-53-56-59-62-69(73)71-67(66-78-80(75,76)77-65-64-72(4,5)6)68(61-58-55-52-49-46-27-24-21-18-15-12-9-3)79-70(74)63-60-57-54-51-48-45-42-29-26-23-20-17-14-11-8-2/h19-20,22-23,26,28-30,58,61,67-68H,7-18,21,24-25,27,31-57,59-60,62-66H2,1-6H3,(H-,71,73,75,76)/b22-19-,23-20+,29-26+,30-28-,61-58-. The molecule has 3 unspecified atom stereocenters. The Balaban J connectivity index is 5.01. The first-order valence-electron chi connectivity index (χ1n) is 34.1. The van der Waals surface area contributed by atoms with Crippen molar-refractivity contribution in [2.75, 3.05) is 40.9 Å². The number of quaternary nitrogens is 1. The van der Waals surface area contributed by atoms with E-state index in [9.17, 15) is 19.0 Å². The molecule has 0 bridgehead atoms. The number of amides is 1. The highest BCUT2D eigenvalue weighted by molar-refractivity contribution is 7.45. The Morgan fingerprint density at radius 1 is 0.450 bits per heavy atom. The number of hydrogen-bond acceptors (Lipinski definition) is 7. The van der Waals surface area contributed by atoms with Crippen molar-refractivity contribution in [1.82, 2.24) is 5.32 Å². The molecule has 0 saturated heterocycles. The summed E-state index contributed by atoms with van der Waals surface area (Å²) in [6.07, 6.45) is 76.3. The van der Waals surface area contributed by atoms with Crippen molar-refractivity contribution in [2.45, 2.75) is 335 Å². The first-order valence-corrected chi connectivity index (χ1v) is 35.6. The number of likely N-dealkylation sites (N-methyl/N-ethyl adjacent to an activating group) is 1. The lowest BCUT2D eigenvalue weighted by atomic mass is 10.0. The third-order valence-corrected chi connectivity index (χ3v) is 16.2. The first-order chi connectivity index (χ1) is 38.9. The molecule has 0 aromatic heterocycles. The number of carbonyl (C=O) groups is 2. The highest BCUT2D eigenvalue weighted by Crippen LogP contribution is 2.38. The second kappa shape index (κ2) is 59.9. The zero-order chi connectivity index (χ0) is 58.6. The average Bonchev–Trinajstić information content (AvgIpc) is 3.42. The van der Waals surface area contributed by atoms with E-state index in [1.54, 1.807) is 0 Å². The number of rotatable bonds is 62. The van der Waals surface area contributed by atoms with Gasteiger partial charge in [-0.15, -0.1) is 0 Å². The fraction of sp³-hybridized carbons (Fsp3) is 0.829. The molecular formula is C70H131N2O7P. The summed E-state index contributed by atoms with van der Waals surface area (Å²) in [5, 5.41) is 3.04. The van der Waals surface area contributed by atoms with Crippen LogP contribution in [-0.4, -0.2) is 69.4 Å². The molecule has 0 rings (SSSR count). The third-order valence-electron chi connectivity index (χ3n) is 15.2. The van der Waals surface area contributed by atoms with E-state index in [1.165, 1.54) is 205 Å². The smallest absolute Gasteiger partial charge is 0.306 e. The number of esters is 1. The van der Waals surface area contributed by atoms with E-state index in [4.69, 9.17) is 13.8 Å². The Morgan fingerprint density at radius 3 is 1.23 bits per heavy atom. The zero-order valence-corrected chi connectivity index (χ0v) is 54.4. The van der Waals surface area contributed by atoms with Crippen LogP contribution in [0.4, 0.5) is 0 Å². The molecule has 0 aliphatic heterocycles. The monoisotopic (exact) mass is 1140 g/mol. The molecule has 10 heteroatoms. The van der Waals surface area contributed by atoms with E-state index in [2.05, 4.69) is 74.7 Å². The molecule has 0 radical (unpaired) electrons. The predicted molar refractivity (Wildman–Crippen MR) is 344 cm³/mol. The van der Waals surface area contributed by atoms with E-state index in [0.717, 1.165) is 83.5 Å². The van der Waals surface area contributed by atoms with Crippen LogP contribution in [0.15, 0.2) is 60.8 Å². The van der Waals surface area contributed by atoms with Crippen LogP contribution in [-0.2, 0) is 27.9 Å². The lowest BCUT2D eigenvalue weighted by molar-refractivity contribution is -0.870. The summed E-state index contributed by atoms with van der Waals surface area (Å²) < 4.78 is 30.4. The quantitative estimate of drug-likeness (QED) is 0.0161. The van der Waals surface area contributed by atoms with E-state index >= 15 is 0 Å². The van der Waals surface area contributed by atoms with Gasteiger partial charge in [0, 0.05) is 12.8 Å². The molecule has 0 heterocycles. The molecular weight excluding hydrogens is 1010 g/mol. The lowest BCUT2D eigenvalue weighted by Crippen LogP contribution is -2.47. The first kappa shape index (κ1) is 77.7. The maximum Gasteiger partial charge on any atom is 0.306 e. The van der Waals surface area contributed by atoms with Crippen LogP contribution in [0.2, 0.25) is 0 Å². The van der Waals surface area contributed by atoms with Crippen LogP contribution in [0, 0.1) is 0 Å². The van der Waals surface area contributed by atoms with Crippen molar-refractivity contribution in [1.29, 1.82) is 0 Å². The van der Waals surface area contributed by atoms with Crippen LogP contribution in [0.3, 0.4) is 0 Å². The van der Waals surface area contributed by atoms with Gasteiger partial charge < -0.3 is 28.5 Å². The van der Waals surface area contributed by atoms with E-state index in [-0.39, 0.29) is 24.9 Å². The summed E-state index contributed by atoms with van der Waals surface area (Å²) in [7, 11) is 1.18. The zero-order valence-electron chi connectivity index (χ0n) is 53.5. The van der Waals surface area contributed by atoms with E-state index < -0.39 is 26.6 Å². The van der Waals surface area contributed by atoms with Gasteiger partial charge in [0.15, 0.2) is 0 Å². The lowest BCUT2D eigenvalue weighted by Gasteiger charge is -2.30. The Labute approximate surface area is 496 Å². The second-order valence-corrected chi connectivity index (χ2v) is 25.8. The van der Waals surface area contributed by atoms with Crippen molar-refractivity contribution in [3.05, 3.63) is 60.8 Å². The molecule has 0 aliphatic rings. The Hall–Kier alpha value is -2.29. The Kier molecular flexibility index (Phi) is 58.1. The fourth-order valence-corrected chi connectivity index (χ4v) is 10.6. The number of phosphoric ester groups is 1. The summed E-state index contributed by atoms with van der Waals surface area (Å²) in [5.74, 6) is -0.544. The minimum Gasteiger partial charge on any atom is -0.756 e. The number of unbranched alkanes of at least 4 members (excludes halogenated alkanes) is 39. The van der Waals surface area contributed by atoms with Gasteiger partial charge in [-0.05, 0) is 89.5 Å². The van der Waals surface area contributed by atoms with Crippen molar-refractivity contribution in [2.24, 2.45) is 0 Å². The molecule has 9 nitrogen and oxygen atoms in total. The van der Waals surface area contributed by atoms with E-state index in [0.29, 0.717) is 17.4 Å². The normalized spacial score (nSPS) is 13.9. The number of ether oxygens (including phenoxy) is 1. The molecule has 0 spiro atoms. The molecule has 0 fully saturated rings. The van der Waals surface area contributed by atoms with Crippen molar-refractivity contribution in [3.8, 4) is 0 Å². The number of nitrogens with zero attached hydrogens (tertiary/aromatic N) is 1. The number of allylic oxidation sites excluding steroid dienone is 9. The fourth-order valence-electron chi connectivity index (χ4n) is 9.90. The topological polar surface area (TPSA) is 114 Å². The number of phosphoric acid groups is 1. The SMILES string of the molecule is CCCCC/C=C\C/C=C\CCCCCCCCCCCCCCCCCCCC(=O)NC(COP(=O)([O-])OCC[N+](C)(C)C)C(/C=C\CCCCCCCCCCCC)OC(=O)CCCCCCCC/C=C/C=C/CCCCC. The molecule has 468 valence electrons. The summed E-state index contributed by atoms with van der Waals surface area (Å²) in [4.78, 5) is 40.1. The van der Waals surface area contributed by atoms with Gasteiger partial charge in [-0.2, -0.15) is 0 Å². The van der Waals surface area contributed by atoms with Gasteiger partial charge in [-0.25, -0.2) is 0 Å². The van der Waals surface area contributed by atoms with Gasteiger partial charge in [-0.3, -0.25) is 14.2 Å². The summed E-state index contributed by atoms with van der Waals surface area (Å²) in [6, 6.07) is -0.893. The summed E-state index contributed by atoms with van der Waals surface area (Å²) >= 11 is 0.